The molecule has 0 saturated heterocycles. The average molecular weight is 304 g/mol. The largest absolute Gasteiger partial charge is 0.377 e. The second-order valence-electron chi connectivity index (χ2n) is 6.16. The Hall–Kier alpha value is -1.39. The molecule has 4 heteroatoms. The molecule has 2 atom stereocenters. The fourth-order valence-electron chi connectivity index (χ4n) is 2.92. The standard InChI is InChI=1S/C18H28N2O2/c19-17-10-6-9-16(13-17)18(21)20-11-4-5-12-22-14-15-7-2-1-3-8-15/h1-3,7-8,16-17H,4-6,9-14,19H2,(H,20,21). The molecule has 0 heterocycles. The van der Waals surface area contributed by atoms with E-state index in [-0.39, 0.29) is 17.9 Å². The van der Waals surface area contributed by atoms with Crippen LogP contribution in [0.25, 0.3) is 0 Å². The third kappa shape index (κ3) is 6.16. The van der Waals surface area contributed by atoms with E-state index in [1.54, 1.807) is 0 Å². The molecule has 3 N–H and O–H groups in total. The van der Waals surface area contributed by atoms with Gasteiger partial charge in [-0.15, -0.1) is 0 Å². The van der Waals surface area contributed by atoms with Crippen molar-refractivity contribution in [1.29, 1.82) is 0 Å². The number of rotatable bonds is 8. The Labute approximate surface area is 133 Å². The van der Waals surface area contributed by atoms with Gasteiger partial charge in [0.05, 0.1) is 6.61 Å². The van der Waals surface area contributed by atoms with Crippen molar-refractivity contribution < 1.29 is 9.53 Å². The minimum atomic E-state index is 0.123. The molecule has 1 aromatic carbocycles. The molecule has 1 aliphatic carbocycles. The zero-order valence-corrected chi connectivity index (χ0v) is 13.3. The minimum absolute atomic E-state index is 0.123. The second-order valence-corrected chi connectivity index (χ2v) is 6.16. The van der Waals surface area contributed by atoms with Gasteiger partial charge < -0.3 is 15.8 Å². The second kappa shape index (κ2) is 9.59. The monoisotopic (exact) mass is 304 g/mol. The Morgan fingerprint density at radius 2 is 2.05 bits per heavy atom. The van der Waals surface area contributed by atoms with E-state index in [4.69, 9.17) is 10.5 Å². The minimum Gasteiger partial charge on any atom is -0.377 e. The predicted octanol–water partition coefficient (Wildman–Crippen LogP) is 2.62. The Morgan fingerprint density at radius 1 is 1.23 bits per heavy atom. The summed E-state index contributed by atoms with van der Waals surface area (Å²) < 4.78 is 5.63. The third-order valence-electron chi connectivity index (χ3n) is 4.21. The highest BCUT2D eigenvalue weighted by atomic mass is 16.5. The van der Waals surface area contributed by atoms with E-state index in [9.17, 15) is 4.79 Å². The summed E-state index contributed by atoms with van der Waals surface area (Å²) in [5.41, 5.74) is 7.12. The van der Waals surface area contributed by atoms with Crippen molar-refractivity contribution in [2.75, 3.05) is 13.2 Å². The molecule has 0 bridgehead atoms. The van der Waals surface area contributed by atoms with E-state index in [0.717, 1.165) is 51.7 Å². The maximum atomic E-state index is 12.0. The number of hydrogen-bond acceptors (Lipinski definition) is 3. The maximum Gasteiger partial charge on any atom is 0.223 e. The molecule has 0 aromatic heterocycles. The maximum absolute atomic E-state index is 12.0. The van der Waals surface area contributed by atoms with Crippen LogP contribution in [0, 0.1) is 5.92 Å². The van der Waals surface area contributed by atoms with Crippen molar-refractivity contribution in [3.8, 4) is 0 Å². The van der Waals surface area contributed by atoms with E-state index in [1.807, 2.05) is 18.2 Å². The van der Waals surface area contributed by atoms with E-state index in [0.29, 0.717) is 6.61 Å². The lowest BCUT2D eigenvalue weighted by Crippen LogP contribution is -2.38. The molecule has 2 rings (SSSR count). The molecule has 1 fully saturated rings. The van der Waals surface area contributed by atoms with Gasteiger partial charge in [-0.25, -0.2) is 0 Å². The normalized spacial score (nSPS) is 21.5. The molecule has 1 aliphatic rings. The first kappa shape index (κ1) is 17.0. The number of amides is 1. The van der Waals surface area contributed by atoms with Crippen LogP contribution >= 0.6 is 0 Å². The average Bonchev–Trinajstić information content (AvgIpc) is 2.54. The SMILES string of the molecule is NC1CCCC(C(=O)NCCCCOCc2ccccc2)C1. The third-order valence-corrected chi connectivity index (χ3v) is 4.21. The number of benzene rings is 1. The lowest BCUT2D eigenvalue weighted by atomic mass is 9.85. The van der Waals surface area contributed by atoms with E-state index in [2.05, 4.69) is 17.4 Å². The van der Waals surface area contributed by atoms with Gasteiger partial charge in [-0.1, -0.05) is 36.8 Å². The van der Waals surface area contributed by atoms with E-state index < -0.39 is 0 Å². The van der Waals surface area contributed by atoms with Gasteiger partial charge in [-0.05, 0) is 37.7 Å². The molecule has 2 unspecified atom stereocenters. The van der Waals surface area contributed by atoms with Gasteiger partial charge in [-0.2, -0.15) is 0 Å². The number of unbranched alkanes of at least 4 members (excludes halogenated alkanes) is 1. The lowest BCUT2D eigenvalue weighted by Gasteiger charge is -2.25. The van der Waals surface area contributed by atoms with Crippen molar-refractivity contribution in [3.63, 3.8) is 0 Å². The van der Waals surface area contributed by atoms with E-state index in [1.165, 1.54) is 5.56 Å². The molecule has 1 saturated carbocycles. The van der Waals surface area contributed by atoms with Gasteiger partial charge in [0.2, 0.25) is 5.91 Å². The summed E-state index contributed by atoms with van der Waals surface area (Å²) in [5, 5.41) is 3.03. The van der Waals surface area contributed by atoms with Crippen molar-refractivity contribution >= 4 is 5.91 Å². The topological polar surface area (TPSA) is 64.4 Å². The van der Waals surface area contributed by atoms with Crippen LogP contribution in [0.4, 0.5) is 0 Å². The first-order valence-electron chi connectivity index (χ1n) is 8.40. The Balaban J connectivity index is 1.48. The highest BCUT2D eigenvalue weighted by molar-refractivity contribution is 5.78. The Bertz CT molecular complexity index is 436. The predicted molar refractivity (Wildman–Crippen MR) is 88.3 cm³/mol. The number of carbonyl (C=O) groups is 1. The number of hydrogen-bond donors (Lipinski definition) is 2. The highest BCUT2D eigenvalue weighted by Crippen LogP contribution is 2.23. The molecule has 1 aromatic rings. The molecule has 4 nitrogen and oxygen atoms in total. The van der Waals surface area contributed by atoms with Crippen LogP contribution in [0.2, 0.25) is 0 Å². The zero-order chi connectivity index (χ0) is 15.6. The Morgan fingerprint density at radius 3 is 2.82 bits per heavy atom. The molecular weight excluding hydrogens is 276 g/mol. The van der Waals surface area contributed by atoms with Crippen molar-refractivity contribution in [2.45, 2.75) is 51.2 Å². The van der Waals surface area contributed by atoms with Crippen LogP contribution in [0.15, 0.2) is 30.3 Å². The summed E-state index contributed by atoms with van der Waals surface area (Å²) in [6.07, 6.45) is 5.89. The van der Waals surface area contributed by atoms with Crippen molar-refractivity contribution in [3.05, 3.63) is 35.9 Å². The lowest BCUT2D eigenvalue weighted by molar-refractivity contribution is -0.126. The van der Waals surface area contributed by atoms with Gasteiger partial charge in [0, 0.05) is 25.1 Å². The van der Waals surface area contributed by atoms with Crippen LogP contribution < -0.4 is 11.1 Å². The van der Waals surface area contributed by atoms with Crippen LogP contribution in [0.5, 0.6) is 0 Å². The Kier molecular flexibility index (Phi) is 7.40. The van der Waals surface area contributed by atoms with Crippen molar-refractivity contribution in [2.24, 2.45) is 11.7 Å². The van der Waals surface area contributed by atoms with Gasteiger partial charge in [-0.3, -0.25) is 4.79 Å². The summed E-state index contributed by atoms with van der Waals surface area (Å²) in [5.74, 6) is 0.304. The van der Waals surface area contributed by atoms with Gasteiger partial charge in [0.25, 0.3) is 0 Å². The summed E-state index contributed by atoms with van der Waals surface area (Å²) in [7, 11) is 0. The molecule has 0 aliphatic heterocycles. The number of nitrogens with two attached hydrogens (primary N) is 1. The summed E-state index contributed by atoms with van der Waals surface area (Å²) in [6.45, 7) is 2.13. The van der Waals surface area contributed by atoms with Crippen LogP contribution in [0.3, 0.4) is 0 Å². The molecule has 122 valence electrons. The van der Waals surface area contributed by atoms with Gasteiger partial charge in [0.1, 0.15) is 0 Å². The first-order valence-corrected chi connectivity index (χ1v) is 8.40. The summed E-state index contributed by atoms with van der Waals surface area (Å²) in [6, 6.07) is 10.4. The van der Waals surface area contributed by atoms with Crippen LogP contribution in [-0.4, -0.2) is 25.1 Å². The quantitative estimate of drug-likeness (QED) is 0.726. The summed E-state index contributed by atoms with van der Waals surface area (Å²) >= 11 is 0. The first-order chi connectivity index (χ1) is 10.8. The number of carbonyl (C=O) groups excluding carboxylic acids is 1. The highest BCUT2D eigenvalue weighted by Gasteiger charge is 2.24. The van der Waals surface area contributed by atoms with E-state index >= 15 is 0 Å². The summed E-state index contributed by atoms with van der Waals surface area (Å²) in [4.78, 5) is 12.0. The van der Waals surface area contributed by atoms with Crippen molar-refractivity contribution in [1.82, 2.24) is 5.32 Å². The molecule has 22 heavy (non-hydrogen) atoms. The number of ether oxygens (including phenoxy) is 1. The molecule has 1 amide bonds. The molecule has 0 radical (unpaired) electrons. The van der Waals surface area contributed by atoms with Crippen LogP contribution in [0.1, 0.15) is 44.1 Å². The smallest absolute Gasteiger partial charge is 0.223 e. The molecular formula is C18H28N2O2. The van der Waals surface area contributed by atoms with Gasteiger partial charge >= 0.3 is 0 Å². The number of nitrogens with one attached hydrogen (secondary N) is 1. The van der Waals surface area contributed by atoms with Gasteiger partial charge in [0.15, 0.2) is 0 Å². The van der Waals surface area contributed by atoms with Crippen LogP contribution in [-0.2, 0) is 16.1 Å². The zero-order valence-electron chi connectivity index (χ0n) is 13.3. The fourth-order valence-corrected chi connectivity index (χ4v) is 2.92. The molecule has 0 spiro atoms. The fraction of sp³-hybridized carbons (Fsp3) is 0.611.